The van der Waals surface area contributed by atoms with Crippen LogP contribution in [0, 0.1) is 6.92 Å². The molecule has 0 aromatic heterocycles. The van der Waals surface area contributed by atoms with Gasteiger partial charge in [0.25, 0.3) is 6.71 Å². The maximum Gasteiger partial charge on any atom is 0.252 e. The highest BCUT2D eigenvalue weighted by Crippen LogP contribution is 2.57. The molecule has 5 aliphatic rings. The van der Waals surface area contributed by atoms with Gasteiger partial charge >= 0.3 is 0 Å². The van der Waals surface area contributed by atoms with Crippen molar-refractivity contribution in [2.75, 3.05) is 14.7 Å². The van der Waals surface area contributed by atoms with Gasteiger partial charge in [-0.25, -0.2) is 0 Å². The molecule has 2 heterocycles. The molecule has 2 aliphatic heterocycles. The Morgan fingerprint density at radius 3 is 1.49 bits per heavy atom. The smallest absolute Gasteiger partial charge is 0.252 e. The quantitative estimate of drug-likeness (QED) is 0.159. The Morgan fingerprint density at radius 2 is 0.900 bits per heavy atom. The van der Waals surface area contributed by atoms with Crippen molar-refractivity contribution in [3.8, 4) is 11.1 Å². The fourth-order valence-electron chi connectivity index (χ4n) is 15.2. The minimum atomic E-state index is -0.254. The average molecular weight is 1050 g/mol. The van der Waals surface area contributed by atoms with Gasteiger partial charge in [0.15, 0.2) is 0 Å². The van der Waals surface area contributed by atoms with Crippen LogP contribution in [0.5, 0.6) is 0 Å². The van der Waals surface area contributed by atoms with Crippen LogP contribution in [0.3, 0.4) is 0 Å². The second kappa shape index (κ2) is 17.4. The van der Waals surface area contributed by atoms with Crippen molar-refractivity contribution in [1.82, 2.24) is 0 Å². The Labute approximate surface area is 480 Å². The summed E-state index contributed by atoms with van der Waals surface area (Å²) in [5.41, 5.74) is 30.5. The SMILES string of the molecule is Cc1cc2c3c(c1)N(c1cccc4c1C(C)(C)c1ccccc1-4)c1cc(N(c4ccc(C(C)(C)C)cc4)c4ccc(C(C)(C)C)cc4)ccc1B3c1cc3c(cc1N2c1ccc2c(c1)C(C)(C)CCC2(C)C)C(C)(C)CCC3(C)C. The molecule has 0 bridgehead atoms. The molecule has 13 rings (SSSR count). The highest BCUT2D eigenvalue weighted by molar-refractivity contribution is 7.00. The van der Waals surface area contributed by atoms with Crippen LogP contribution in [-0.2, 0) is 37.9 Å². The zero-order valence-electron chi connectivity index (χ0n) is 51.2. The normalized spacial score (nSPS) is 18.3. The molecule has 0 unspecified atom stereocenters. The van der Waals surface area contributed by atoms with Crippen molar-refractivity contribution in [3.63, 3.8) is 0 Å². The van der Waals surface area contributed by atoms with Gasteiger partial charge in [0, 0.05) is 50.9 Å². The Hall–Kier alpha value is -6.78. The van der Waals surface area contributed by atoms with E-state index in [-0.39, 0.29) is 44.6 Å². The fraction of sp³-hybridized carbons (Fsp3) is 0.368. The first-order chi connectivity index (χ1) is 37.6. The maximum atomic E-state index is 2.71. The summed E-state index contributed by atoms with van der Waals surface area (Å²) in [5.74, 6) is 0. The molecular formula is C76H84BN3. The number of rotatable bonds is 5. The molecule has 0 N–H and O–H groups in total. The Kier molecular flexibility index (Phi) is 11.4. The number of hydrogen-bond acceptors (Lipinski definition) is 3. The van der Waals surface area contributed by atoms with Crippen LogP contribution in [0.15, 0.2) is 152 Å². The van der Waals surface area contributed by atoms with E-state index < -0.39 is 0 Å². The molecule has 80 heavy (non-hydrogen) atoms. The number of fused-ring (bicyclic) bond motifs is 9. The predicted molar refractivity (Wildman–Crippen MR) is 345 cm³/mol. The minimum Gasteiger partial charge on any atom is -0.311 e. The lowest BCUT2D eigenvalue weighted by Gasteiger charge is -2.48. The summed E-state index contributed by atoms with van der Waals surface area (Å²) in [5, 5.41) is 0. The van der Waals surface area contributed by atoms with Crippen LogP contribution >= 0.6 is 0 Å². The molecule has 3 nitrogen and oxygen atoms in total. The van der Waals surface area contributed by atoms with E-state index in [0.29, 0.717) is 0 Å². The number of nitrogens with zero attached hydrogens (tertiary/aromatic N) is 3. The number of benzene rings is 8. The van der Waals surface area contributed by atoms with Gasteiger partial charge in [0.1, 0.15) is 0 Å². The molecule has 0 atom stereocenters. The van der Waals surface area contributed by atoms with Gasteiger partial charge in [0.2, 0.25) is 0 Å². The molecule has 8 aromatic rings. The van der Waals surface area contributed by atoms with E-state index in [0.717, 1.165) is 29.9 Å². The van der Waals surface area contributed by atoms with Crippen molar-refractivity contribution >= 4 is 74.3 Å². The van der Waals surface area contributed by atoms with Gasteiger partial charge < -0.3 is 14.7 Å². The Balaban J connectivity index is 1.13. The third-order valence-electron chi connectivity index (χ3n) is 20.3. The van der Waals surface area contributed by atoms with Gasteiger partial charge in [-0.3, -0.25) is 0 Å². The highest BCUT2D eigenvalue weighted by Gasteiger charge is 2.49. The summed E-state index contributed by atoms with van der Waals surface area (Å²) in [6.07, 6.45) is 4.68. The Morgan fingerprint density at radius 1 is 0.400 bits per heavy atom. The molecule has 0 saturated carbocycles. The van der Waals surface area contributed by atoms with E-state index in [1.54, 1.807) is 0 Å². The molecule has 0 fully saturated rings. The average Bonchev–Trinajstić information content (AvgIpc) is 3.79. The second-order valence-electron chi connectivity index (χ2n) is 30.1. The van der Waals surface area contributed by atoms with E-state index in [4.69, 9.17) is 0 Å². The largest absolute Gasteiger partial charge is 0.311 e. The summed E-state index contributed by atoms with van der Waals surface area (Å²) < 4.78 is 0. The fourth-order valence-corrected chi connectivity index (χ4v) is 15.2. The van der Waals surface area contributed by atoms with Crippen LogP contribution in [-0.4, -0.2) is 6.71 Å². The van der Waals surface area contributed by atoms with Crippen molar-refractivity contribution in [2.24, 2.45) is 0 Å². The third kappa shape index (κ3) is 7.95. The lowest BCUT2D eigenvalue weighted by Crippen LogP contribution is -2.62. The molecule has 0 saturated heterocycles. The van der Waals surface area contributed by atoms with Crippen molar-refractivity contribution in [1.29, 1.82) is 0 Å². The molecular weight excluding hydrogens is 966 g/mol. The molecule has 0 spiro atoms. The third-order valence-corrected chi connectivity index (χ3v) is 20.3. The molecule has 0 amide bonds. The van der Waals surface area contributed by atoms with Gasteiger partial charge in [-0.1, -0.05) is 190 Å². The monoisotopic (exact) mass is 1050 g/mol. The van der Waals surface area contributed by atoms with E-state index in [1.165, 1.54) is 125 Å². The van der Waals surface area contributed by atoms with E-state index in [2.05, 4.69) is 284 Å². The first-order valence-electron chi connectivity index (χ1n) is 30.0. The summed E-state index contributed by atoms with van der Waals surface area (Å²) in [7, 11) is 0. The lowest BCUT2D eigenvalue weighted by atomic mass is 9.33. The Bertz CT molecular complexity index is 3790. The molecule has 406 valence electrons. The first kappa shape index (κ1) is 52.6. The predicted octanol–water partition coefficient (Wildman–Crippen LogP) is 19.1. The standard InChI is InChI=1S/C76H84BN3/c1-47-41-66-69-67(42-47)80(63-24-20-22-55-54-21-18-19-23-56(54)76(16,17)68(55)63)64-44-53(78(50-29-25-48(26-30-50)70(2,3)4)51-31-27-49(28-32-51)71(5,6)7)34-36-61(64)77(69)62-45-59-60(75(14,15)40-39-74(59,12)13)46-65(62)79(66)52-33-35-57-58(43-52)73(10,11)38-37-72(57,8)9/h18-36,41-46H,37-40H2,1-17H3. The van der Waals surface area contributed by atoms with Gasteiger partial charge in [0.05, 0.1) is 5.69 Å². The molecule has 8 aromatic carbocycles. The van der Waals surface area contributed by atoms with E-state index in [9.17, 15) is 0 Å². The number of hydrogen-bond donors (Lipinski definition) is 0. The van der Waals surface area contributed by atoms with Crippen LogP contribution in [0.4, 0.5) is 51.2 Å². The van der Waals surface area contributed by atoms with Crippen LogP contribution < -0.4 is 31.1 Å². The number of anilines is 9. The van der Waals surface area contributed by atoms with Crippen molar-refractivity contribution in [3.05, 3.63) is 202 Å². The summed E-state index contributed by atoms with van der Waals surface area (Å²) in [4.78, 5) is 7.93. The van der Waals surface area contributed by atoms with Crippen LogP contribution in [0.2, 0.25) is 0 Å². The van der Waals surface area contributed by atoms with Crippen molar-refractivity contribution in [2.45, 2.75) is 181 Å². The number of aryl methyl sites for hydroxylation is 1. The van der Waals surface area contributed by atoms with Gasteiger partial charge in [-0.05, 0) is 215 Å². The molecule has 3 aliphatic carbocycles. The molecule has 4 heteroatoms. The van der Waals surface area contributed by atoms with Gasteiger partial charge in [-0.2, -0.15) is 0 Å². The topological polar surface area (TPSA) is 9.72 Å². The zero-order valence-corrected chi connectivity index (χ0v) is 51.2. The van der Waals surface area contributed by atoms with E-state index in [1.807, 2.05) is 0 Å². The highest BCUT2D eigenvalue weighted by atomic mass is 15.2. The van der Waals surface area contributed by atoms with E-state index >= 15 is 0 Å². The summed E-state index contributed by atoms with van der Waals surface area (Å²) in [6.45, 7) is 40.9. The minimum absolute atomic E-state index is 0.0205. The lowest BCUT2D eigenvalue weighted by molar-refractivity contribution is 0.332. The first-order valence-corrected chi connectivity index (χ1v) is 30.0. The second-order valence-corrected chi connectivity index (χ2v) is 30.1. The van der Waals surface area contributed by atoms with Gasteiger partial charge in [-0.15, -0.1) is 0 Å². The summed E-state index contributed by atoms with van der Waals surface area (Å²) >= 11 is 0. The van der Waals surface area contributed by atoms with Crippen LogP contribution in [0.25, 0.3) is 11.1 Å². The maximum absolute atomic E-state index is 2.71. The van der Waals surface area contributed by atoms with Crippen LogP contribution in [0.1, 0.15) is 187 Å². The zero-order chi connectivity index (χ0) is 56.6. The summed E-state index contributed by atoms with van der Waals surface area (Å²) in [6, 6.07) is 60.5. The molecule has 0 radical (unpaired) electrons. The van der Waals surface area contributed by atoms with Crippen molar-refractivity contribution < 1.29 is 0 Å².